The third-order valence-electron chi connectivity index (χ3n) is 8.26. The Morgan fingerprint density at radius 2 is 1.07 bits per heavy atom. The predicted molar refractivity (Wildman–Crippen MR) is 178 cm³/mol. The number of aromatic nitrogens is 1. The third kappa shape index (κ3) is 4.77. The number of para-hydroxylation sites is 1. The van der Waals surface area contributed by atoms with Crippen LogP contribution in [0, 0.1) is 10.1 Å². The van der Waals surface area contributed by atoms with Gasteiger partial charge in [0.05, 0.1) is 10.4 Å². The van der Waals surface area contributed by atoms with Gasteiger partial charge in [0.1, 0.15) is 5.52 Å². The molecule has 0 saturated carbocycles. The maximum absolute atomic E-state index is 12.5. The second kappa shape index (κ2) is 9.99. The van der Waals surface area contributed by atoms with Crippen LogP contribution >= 0.6 is 0 Å². The highest BCUT2D eigenvalue weighted by atomic mass is 16.6. The Labute approximate surface area is 246 Å². The van der Waals surface area contributed by atoms with Crippen LogP contribution in [0.15, 0.2) is 103 Å². The molecule has 210 valence electrons. The number of nitro groups is 1. The summed E-state index contributed by atoms with van der Waals surface area (Å²) in [6, 6.07) is 35.2. The van der Waals surface area contributed by atoms with E-state index in [1.807, 2.05) is 18.2 Å². The van der Waals surface area contributed by atoms with Gasteiger partial charge in [-0.25, -0.2) is 0 Å². The first kappa shape index (κ1) is 27.5. The standard InChI is InChI=1S/C38H36N2O2/c1-37(2,3)25-14-11-13-24(21-25)32-22-26(38(4,5)6)23-33-30-18-10-8-16-28(30)27-15-7-9-17-29(27)31-19-12-20-34(40(41)42)36(31)39-35(32)33/h7-23,39H,1-6H3. The number of nitro benzene ring substituents is 1. The van der Waals surface area contributed by atoms with Gasteiger partial charge >= 0.3 is 0 Å². The summed E-state index contributed by atoms with van der Waals surface area (Å²) in [7, 11) is 0. The molecule has 6 rings (SSSR count). The minimum atomic E-state index is -0.289. The maximum atomic E-state index is 12.5. The predicted octanol–water partition coefficient (Wildman–Crippen LogP) is 10.9. The van der Waals surface area contributed by atoms with Gasteiger partial charge in [-0.15, -0.1) is 0 Å². The van der Waals surface area contributed by atoms with Crippen LogP contribution in [0.5, 0.6) is 0 Å². The highest BCUT2D eigenvalue weighted by molar-refractivity contribution is 6.21. The summed E-state index contributed by atoms with van der Waals surface area (Å²) in [6.07, 6.45) is 0. The van der Waals surface area contributed by atoms with Gasteiger partial charge in [-0.1, -0.05) is 126 Å². The summed E-state index contributed by atoms with van der Waals surface area (Å²) >= 11 is 0. The van der Waals surface area contributed by atoms with Crippen molar-refractivity contribution in [3.05, 3.63) is 124 Å². The molecule has 0 atom stereocenters. The van der Waals surface area contributed by atoms with Crippen LogP contribution in [0.1, 0.15) is 52.7 Å². The van der Waals surface area contributed by atoms with Crippen LogP contribution in [-0.2, 0) is 10.8 Å². The number of benzene rings is 5. The number of non-ortho nitro benzene ring substituents is 1. The van der Waals surface area contributed by atoms with Crippen molar-refractivity contribution < 1.29 is 4.92 Å². The molecule has 0 unspecified atom stereocenters. The van der Waals surface area contributed by atoms with E-state index in [0.29, 0.717) is 5.52 Å². The largest absolute Gasteiger partial charge is 0.348 e. The lowest BCUT2D eigenvalue weighted by Crippen LogP contribution is -2.12. The number of hydrogen-bond donors (Lipinski definition) is 1. The fraction of sp³-hybridized carbons (Fsp3) is 0.211. The van der Waals surface area contributed by atoms with Crippen LogP contribution < -0.4 is 0 Å². The van der Waals surface area contributed by atoms with Crippen LogP contribution in [0.2, 0.25) is 0 Å². The maximum Gasteiger partial charge on any atom is 0.293 e. The van der Waals surface area contributed by atoms with Crippen molar-refractivity contribution >= 4 is 49.0 Å². The summed E-state index contributed by atoms with van der Waals surface area (Å²) in [6.45, 7) is 13.4. The lowest BCUT2D eigenvalue weighted by molar-refractivity contribution is -0.383. The average Bonchev–Trinajstić information content (AvgIpc) is 3.00. The summed E-state index contributed by atoms with van der Waals surface area (Å²) in [5.74, 6) is 0. The van der Waals surface area contributed by atoms with Gasteiger partial charge in [0, 0.05) is 22.4 Å². The van der Waals surface area contributed by atoms with Gasteiger partial charge in [0.2, 0.25) is 0 Å². The molecule has 5 aromatic carbocycles. The van der Waals surface area contributed by atoms with E-state index in [-0.39, 0.29) is 21.4 Å². The van der Waals surface area contributed by atoms with Gasteiger partial charge in [-0.2, -0.15) is 0 Å². The van der Waals surface area contributed by atoms with Crippen molar-refractivity contribution in [3.8, 4) is 11.1 Å². The first-order chi connectivity index (χ1) is 19.9. The van der Waals surface area contributed by atoms with Crippen LogP contribution in [0.4, 0.5) is 5.69 Å². The fourth-order valence-corrected chi connectivity index (χ4v) is 5.88. The molecule has 0 aliphatic heterocycles. The van der Waals surface area contributed by atoms with E-state index < -0.39 is 0 Å². The van der Waals surface area contributed by atoms with Crippen molar-refractivity contribution in [1.82, 2.24) is 4.98 Å². The molecular formula is C38H36N2O2. The molecule has 0 radical (unpaired) electrons. The van der Waals surface area contributed by atoms with E-state index >= 15 is 0 Å². The van der Waals surface area contributed by atoms with Crippen molar-refractivity contribution in [2.75, 3.05) is 0 Å². The van der Waals surface area contributed by atoms with Crippen molar-refractivity contribution in [2.45, 2.75) is 52.4 Å². The van der Waals surface area contributed by atoms with E-state index in [0.717, 1.165) is 49.0 Å². The summed E-state index contributed by atoms with van der Waals surface area (Å²) in [4.78, 5) is 15.8. The molecule has 0 spiro atoms. The number of nitrogens with zero attached hydrogens (tertiary/aromatic N) is 1. The van der Waals surface area contributed by atoms with E-state index in [1.165, 1.54) is 11.1 Å². The van der Waals surface area contributed by atoms with Gasteiger partial charge in [0.25, 0.3) is 5.69 Å². The van der Waals surface area contributed by atoms with Crippen LogP contribution in [0.3, 0.4) is 0 Å². The van der Waals surface area contributed by atoms with E-state index in [9.17, 15) is 10.1 Å². The molecule has 0 fully saturated rings. The lowest BCUT2D eigenvalue weighted by atomic mass is 9.82. The van der Waals surface area contributed by atoms with E-state index in [2.05, 4.69) is 119 Å². The zero-order valence-electron chi connectivity index (χ0n) is 25.1. The lowest BCUT2D eigenvalue weighted by Gasteiger charge is -2.23. The monoisotopic (exact) mass is 552 g/mol. The molecule has 6 aromatic rings. The summed E-state index contributed by atoms with van der Waals surface area (Å²) in [5, 5.41) is 18.5. The average molecular weight is 553 g/mol. The van der Waals surface area contributed by atoms with Gasteiger partial charge in [-0.05, 0) is 61.2 Å². The highest BCUT2D eigenvalue weighted by Crippen LogP contribution is 2.40. The first-order valence-corrected chi connectivity index (χ1v) is 14.5. The van der Waals surface area contributed by atoms with Gasteiger partial charge in [-0.3, -0.25) is 10.1 Å². The second-order valence-corrected chi connectivity index (χ2v) is 13.2. The van der Waals surface area contributed by atoms with E-state index in [4.69, 9.17) is 0 Å². The molecule has 1 aromatic heterocycles. The van der Waals surface area contributed by atoms with Crippen LogP contribution in [-0.4, -0.2) is 9.91 Å². The molecule has 1 N–H and O–H groups in total. The first-order valence-electron chi connectivity index (χ1n) is 14.5. The molecular weight excluding hydrogens is 516 g/mol. The zero-order chi connectivity index (χ0) is 29.8. The highest BCUT2D eigenvalue weighted by Gasteiger charge is 2.21. The molecule has 0 saturated heterocycles. The number of fused-ring (bicyclic) bond motifs is 7. The normalized spacial score (nSPS) is 12.2. The Morgan fingerprint density at radius 3 is 1.64 bits per heavy atom. The Bertz CT molecular complexity index is 2090. The SMILES string of the molecule is CC(C)(C)c1cccc(-c2cc(C(C)(C)C)cc3c2[nH]c2c([N+](=O)[O-])cccc2c2ccccc2c2ccccc32)c1. The molecule has 42 heavy (non-hydrogen) atoms. The molecule has 0 aliphatic carbocycles. The van der Waals surface area contributed by atoms with Gasteiger partial charge < -0.3 is 4.98 Å². The topological polar surface area (TPSA) is 58.9 Å². The van der Waals surface area contributed by atoms with Gasteiger partial charge in [0.15, 0.2) is 0 Å². The fourth-order valence-electron chi connectivity index (χ4n) is 5.88. The third-order valence-corrected chi connectivity index (χ3v) is 8.26. The molecule has 0 aliphatic rings. The van der Waals surface area contributed by atoms with E-state index in [1.54, 1.807) is 12.1 Å². The minimum Gasteiger partial charge on any atom is -0.348 e. The molecule has 0 bridgehead atoms. The smallest absolute Gasteiger partial charge is 0.293 e. The molecule has 0 amide bonds. The van der Waals surface area contributed by atoms with Crippen molar-refractivity contribution in [2.24, 2.45) is 0 Å². The summed E-state index contributed by atoms with van der Waals surface area (Å²) in [5.41, 5.74) is 5.79. The Kier molecular flexibility index (Phi) is 6.53. The minimum absolute atomic E-state index is 0.0311. The zero-order valence-corrected chi connectivity index (χ0v) is 25.1. The quantitative estimate of drug-likeness (QED) is 0.172. The van der Waals surface area contributed by atoms with Crippen molar-refractivity contribution in [1.29, 1.82) is 0 Å². The Hall–Kier alpha value is -4.70. The summed E-state index contributed by atoms with van der Waals surface area (Å²) < 4.78 is 0. The van der Waals surface area contributed by atoms with Crippen LogP contribution in [0.25, 0.3) is 54.5 Å². The Balaban J connectivity index is 1.99. The molecule has 4 nitrogen and oxygen atoms in total. The van der Waals surface area contributed by atoms with Crippen molar-refractivity contribution in [3.63, 3.8) is 0 Å². The number of rotatable bonds is 2. The number of H-pyrrole nitrogens is 1. The Morgan fingerprint density at radius 1 is 0.548 bits per heavy atom. The number of hydrogen-bond acceptors (Lipinski definition) is 2. The number of nitrogens with one attached hydrogen (secondary N) is 1. The second-order valence-electron chi connectivity index (χ2n) is 13.2. The number of aromatic amines is 1. The molecule has 1 heterocycles. The molecule has 4 heteroatoms.